The lowest BCUT2D eigenvalue weighted by atomic mass is 10.1. The third kappa shape index (κ3) is 2.66. The van der Waals surface area contributed by atoms with Gasteiger partial charge in [0.1, 0.15) is 0 Å². The molecule has 0 radical (unpaired) electrons. The fourth-order valence-electron chi connectivity index (χ4n) is 1.96. The highest BCUT2D eigenvalue weighted by Gasteiger charge is 2.06. The van der Waals surface area contributed by atoms with Crippen LogP contribution in [0.5, 0.6) is 0 Å². The minimum Gasteiger partial charge on any atom is -0.256 e. The predicted molar refractivity (Wildman–Crippen MR) is 78.2 cm³/mol. The summed E-state index contributed by atoms with van der Waals surface area (Å²) in [5.74, 6) is 0. The molecule has 3 aromatic rings. The van der Waals surface area contributed by atoms with E-state index in [4.69, 9.17) is 0 Å². The number of pyridine rings is 1. The van der Waals surface area contributed by atoms with Crippen molar-refractivity contribution < 1.29 is 0 Å². The lowest BCUT2D eigenvalue weighted by Gasteiger charge is -2.02. The average molecular weight is 317 g/mol. The standard InChI is InChI=1S/C14H13BrN4/c1-10(15)14-9-19(18-17-14)8-11-6-12-4-2-3-5-13(12)16-7-11/h2-7,9-10H,8H2,1H3. The van der Waals surface area contributed by atoms with Gasteiger partial charge in [-0.1, -0.05) is 39.3 Å². The number of nitrogens with zero attached hydrogens (tertiary/aromatic N) is 4. The van der Waals surface area contributed by atoms with E-state index in [0.29, 0.717) is 6.54 Å². The first-order valence-electron chi connectivity index (χ1n) is 6.10. The Balaban J connectivity index is 1.87. The predicted octanol–water partition coefficient (Wildman–Crippen LogP) is 3.33. The van der Waals surface area contributed by atoms with Crippen molar-refractivity contribution in [1.82, 2.24) is 20.0 Å². The lowest BCUT2D eigenvalue weighted by molar-refractivity contribution is 0.648. The van der Waals surface area contributed by atoms with E-state index in [9.17, 15) is 0 Å². The summed E-state index contributed by atoms with van der Waals surface area (Å²) in [7, 11) is 0. The number of halogens is 1. The van der Waals surface area contributed by atoms with Crippen LogP contribution in [-0.4, -0.2) is 20.0 Å². The summed E-state index contributed by atoms with van der Waals surface area (Å²) in [6, 6.07) is 10.2. The van der Waals surface area contributed by atoms with Crippen LogP contribution in [-0.2, 0) is 6.54 Å². The van der Waals surface area contributed by atoms with Crippen LogP contribution in [0.4, 0.5) is 0 Å². The number of aromatic nitrogens is 4. The highest BCUT2D eigenvalue weighted by molar-refractivity contribution is 9.09. The first-order chi connectivity index (χ1) is 9.22. The Hall–Kier alpha value is -1.75. The number of alkyl halides is 1. The molecule has 5 heteroatoms. The first kappa shape index (κ1) is 12.3. The first-order valence-corrected chi connectivity index (χ1v) is 7.02. The molecule has 0 aliphatic heterocycles. The molecule has 1 atom stereocenters. The summed E-state index contributed by atoms with van der Waals surface area (Å²) in [4.78, 5) is 4.67. The van der Waals surface area contributed by atoms with E-state index in [1.807, 2.05) is 42.2 Å². The zero-order valence-corrected chi connectivity index (χ0v) is 12.1. The van der Waals surface area contributed by atoms with Crippen molar-refractivity contribution in [1.29, 1.82) is 0 Å². The molecule has 19 heavy (non-hydrogen) atoms. The quantitative estimate of drug-likeness (QED) is 0.696. The van der Waals surface area contributed by atoms with Crippen molar-refractivity contribution in [2.24, 2.45) is 0 Å². The SMILES string of the molecule is CC(Br)c1cn(Cc2cnc3ccccc3c2)nn1. The number of hydrogen-bond acceptors (Lipinski definition) is 3. The van der Waals surface area contributed by atoms with Gasteiger partial charge >= 0.3 is 0 Å². The van der Waals surface area contributed by atoms with Gasteiger partial charge in [-0.2, -0.15) is 0 Å². The smallest absolute Gasteiger partial charge is 0.0960 e. The molecule has 1 aromatic carbocycles. The molecular formula is C14H13BrN4. The molecule has 0 saturated carbocycles. The normalized spacial score (nSPS) is 12.7. The van der Waals surface area contributed by atoms with Crippen LogP contribution in [0, 0.1) is 0 Å². The zero-order valence-electron chi connectivity index (χ0n) is 10.5. The zero-order chi connectivity index (χ0) is 13.2. The van der Waals surface area contributed by atoms with Crippen molar-refractivity contribution in [3.8, 4) is 0 Å². The van der Waals surface area contributed by atoms with Gasteiger partial charge in [0.15, 0.2) is 0 Å². The minimum atomic E-state index is 0.218. The van der Waals surface area contributed by atoms with Gasteiger partial charge in [0.05, 0.1) is 22.6 Å². The molecular weight excluding hydrogens is 304 g/mol. The topological polar surface area (TPSA) is 43.6 Å². The lowest BCUT2D eigenvalue weighted by Crippen LogP contribution is -2.01. The highest BCUT2D eigenvalue weighted by atomic mass is 79.9. The molecule has 0 amide bonds. The summed E-state index contributed by atoms with van der Waals surface area (Å²) >= 11 is 3.49. The van der Waals surface area contributed by atoms with Gasteiger partial charge < -0.3 is 0 Å². The summed E-state index contributed by atoms with van der Waals surface area (Å²) < 4.78 is 1.83. The fourth-order valence-corrected chi connectivity index (χ4v) is 2.17. The van der Waals surface area contributed by atoms with Crippen LogP contribution >= 0.6 is 15.9 Å². The molecule has 0 aliphatic rings. The second-order valence-electron chi connectivity index (χ2n) is 4.49. The van der Waals surface area contributed by atoms with Gasteiger partial charge in [0, 0.05) is 17.8 Å². The van der Waals surface area contributed by atoms with Gasteiger partial charge in [0.2, 0.25) is 0 Å². The van der Waals surface area contributed by atoms with Crippen molar-refractivity contribution in [3.05, 3.63) is 54.0 Å². The Morgan fingerprint density at radius 3 is 2.95 bits per heavy atom. The van der Waals surface area contributed by atoms with Crippen LogP contribution < -0.4 is 0 Å². The molecule has 3 rings (SSSR count). The van der Waals surface area contributed by atoms with Crippen molar-refractivity contribution >= 4 is 26.8 Å². The third-order valence-electron chi connectivity index (χ3n) is 2.96. The number of benzene rings is 1. The maximum Gasteiger partial charge on any atom is 0.0960 e. The number of rotatable bonds is 3. The van der Waals surface area contributed by atoms with E-state index in [1.165, 1.54) is 0 Å². The average Bonchev–Trinajstić information content (AvgIpc) is 2.87. The van der Waals surface area contributed by atoms with E-state index in [2.05, 4.69) is 43.4 Å². The summed E-state index contributed by atoms with van der Waals surface area (Å²) in [6.07, 6.45) is 3.84. The molecule has 4 nitrogen and oxygen atoms in total. The van der Waals surface area contributed by atoms with Gasteiger partial charge in [-0.05, 0) is 24.6 Å². The molecule has 96 valence electrons. The Morgan fingerprint density at radius 1 is 1.32 bits per heavy atom. The van der Waals surface area contributed by atoms with E-state index < -0.39 is 0 Å². The van der Waals surface area contributed by atoms with Gasteiger partial charge in [-0.25, -0.2) is 4.68 Å². The maximum atomic E-state index is 4.45. The molecule has 1 unspecified atom stereocenters. The van der Waals surface area contributed by atoms with E-state index in [0.717, 1.165) is 22.2 Å². The fraction of sp³-hybridized carbons (Fsp3) is 0.214. The number of para-hydroxylation sites is 1. The number of hydrogen-bond donors (Lipinski definition) is 0. The summed E-state index contributed by atoms with van der Waals surface area (Å²) in [6.45, 7) is 2.72. The largest absolute Gasteiger partial charge is 0.256 e. The van der Waals surface area contributed by atoms with E-state index in [-0.39, 0.29) is 4.83 Å². The molecule has 2 heterocycles. The van der Waals surface area contributed by atoms with E-state index in [1.54, 1.807) is 0 Å². The van der Waals surface area contributed by atoms with Crippen LogP contribution in [0.2, 0.25) is 0 Å². The molecule has 0 saturated heterocycles. The highest BCUT2D eigenvalue weighted by Crippen LogP contribution is 2.19. The van der Waals surface area contributed by atoms with Crippen LogP contribution in [0.3, 0.4) is 0 Å². The van der Waals surface area contributed by atoms with Crippen molar-refractivity contribution in [2.45, 2.75) is 18.3 Å². The van der Waals surface area contributed by atoms with Crippen molar-refractivity contribution in [2.75, 3.05) is 0 Å². The Kier molecular flexibility index (Phi) is 3.29. The second-order valence-corrected chi connectivity index (χ2v) is 5.87. The van der Waals surface area contributed by atoms with Gasteiger partial charge in [-0.15, -0.1) is 5.10 Å². The summed E-state index contributed by atoms with van der Waals surface area (Å²) in [5, 5.41) is 9.39. The molecule has 0 aliphatic carbocycles. The molecule has 0 fully saturated rings. The minimum absolute atomic E-state index is 0.218. The molecule has 0 bridgehead atoms. The van der Waals surface area contributed by atoms with Gasteiger partial charge in [-0.3, -0.25) is 4.98 Å². The monoisotopic (exact) mass is 316 g/mol. The van der Waals surface area contributed by atoms with Crippen LogP contribution in [0.25, 0.3) is 10.9 Å². The second kappa shape index (κ2) is 5.09. The Morgan fingerprint density at radius 2 is 2.16 bits per heavy atom. The maximum absolute atomic E-state index is 4.45. The summed E-state index contributed by atoms with van der Waals surface area (Å²) in [5.41, 5.74) is 3.07. The van der Waals surface area contributed by atoms with E-state index >= 15 is 0 Å². The Labute approximate surface area is 119 Å². The molecule has 0 N–H and O–H groups in total. The van der Waals surface area contributed by atoms with Crippen molar-refractivity contribution in [3.63, 3.8) is 0 Å². The third-order valence-corrected chi connectivity index (χ3v) is 3.42. The molecule has 2 aromatic heterocycles. The Bertz CT molecular complexity index is 705. The van der Waals surface area contributed by atoms with Crippen LogP contribution in [0.1, 0.15) is 23.0 Å². The van der Waals surface area contributed by atoms with Crippen LogP contribution in [0.15, 0.2) is 42.7 Å². The number of fused-ring (bicyclic) bond motifs is 1. The molecule has 0 spiro atoms. The van der Waals surface area contributed by atoms with Gasteiger partial charge in [0.25, 0.3) is 0 Å².